The Morgan fingerprint density at radius 3 is 1.31 bits per heavy atom. The molecule has 2 aliphatic heterocycles. The number of amides is 2. The smallest absolute Gasteiger partial charge is 0.474 e. The summed E-state index contributed by atoms with van der Waals surface area (Å²) in [6, 6.07) is 4.57. The van der Waals surface area contributed by atoms with Gasteiger partial charge in [-0.15, -0.1) is 26.3 Å². The molecule has 0 saturated carbocycles. The van der Waals surface area contributed by atoms with Crippen molar-refractivity contribution in [2.45, 2.75) is 78.2 Å². The van der Waals surface area contributed by atoms with Crippen molar-refractivity contribution in [3.05, 3.63) is 71.6 Å². The summed E-state index contributed by atoms with van der Waals surface area (Å²) in [5.74, 6) is -2.13. The summed E-state index contributed by atoms with van der Waals surface area (Å²) in [6.45, 7) is 13.1. The summed E-state index contributed by atoms with van der Waals surface area (Å²) < 4.78 is 98.0. The van der Waals surface area contributed by atoms with Gasteiger partial charge < -0.3 is 39.4 Å². The average molecular weight is 911 g/mol. The second-order valence-electron chi connectivity index (χ2n) is 17.6. The highest BCUT2D eigenvalue weighted by atomic mass is 19.4. The monoisotopic (exact) mass is 910 g/mol. The molecule has 4 atom stereocenters. The van der Waals surface area contributed by atoms with E-state index in [-0.39, 0.29) is 60.7 Å². The molecular weight excluding hydrogens is 855 g/mol. The van der Waals surface area contributed by atoms with E-state index < -0.39 is 35.1 Å². The summed E-state index contributed by atoms with van der Waals surface area (Å²) >= 11 is 0. The largest absolute Gasteiger partial charge is 0.573 e. The van der Waals surface area contributed by atoms with Crippen LogP contribution in [0.1, 0.15) is 62.0 Å². The van der Waals surface area contributed by atoms with Gasteiger partial charge >= 0.3 is 12.7 Å². The van der Waals surface area contributed by atoms with E-state index in [0.29, 0.717) is 13.1 Å². The van der Waals surface area contributed by atoms with Gasteiger partial charge in [0.25, 0.3) is 11.8 Å². The lowest BCUT2D eigenvalue weighted by Crippen LogP contribution is -2.48. The second-order valence-corrected chi connectivity index (χ2v) is 17.6. The fourth-order valence-electron chi connectivity index (χ4n) is 7.62. The lowest BCUT2D eigenvalue weighted by molar-refractivity contribution is -0.276. The predicted molar refractivity (Wildman–Crippen MR) is 221 cm³/mol. The van der Waals surface area contributed by atoms with Gasteiger partial charge in [-0.3, -0.25) is 19.0 Å². The molecule has 0 aliphatic carbocycles. The van der Waals surface area contributed by atoms with Gasteiger partial charge in [-0.25, -0.2) is 9.97 Å². The molecule has 4 aromatic rings. The second kappa shape index (κ2) is 19.6. The molecule has 4 aromatic heterocycles. The highest BCUT2D eigenvalue weighted by Gasteiger charge is 2.41. The van der Waals surface area contributed by atoms with Crippen LogP contribution in [0.5, 0.6) is 23.3 Å². The molecule has 2 saturated heterocycles. The molecule has 64 heavy (non-hydrogen) atoms. The number of hydrogen-bond acceptors (Lipinski definition) is 12. The number of carbonyl (C=O) groups is 2. The number of likely N-dealkylation sites (tertiary alicyclic amines) is 2. The Bertz CT molecular complexity index is 2070. The number of halogens is 6. The van der Waals surface area contributed by atoms with Crippen molar-refractivity contribution in [3.63, 3.8) is 0 Å². The third-order valence-electron chi connectivity index (χ3n) is 10.8. The van der Waals surface area contributed by atoms with Gasteiger partial charge in [0, 0.05) is 89.0 Å². The molecule has 2 aliphatic rings. The average Bonchev–Trinajstić information content (AvgIpc) is 3.93. The van der Waals surface area contributed by atoms with Crippen molar-refractivity contribution >= 4 is 11.8 Å². The van der Waals surface area contributed by atoms with Crippen LogP contribution in [0.2, 0.25) is 0 Å². The topological polar surface area (TPSA) is 163 Å². The molecule has 6 rings (SSSR count). The Labute approximate surface area is 367 Å². The summed E-state index contributed by atoms with van der Waals surface area (Å²) in [4.78, 5) is 38.0. The van der Waals surface area contributed by atoms with Crippen molar-refractivity contribution in [2.24, 2.45) is 24.9 Å². The molecule has 0 spiro atoms. The molecule has 352 valence electrons. The fraction of sp³-hybridized carbons (Fsp3) is 0.571. The molecular formula is C42H56F6N10O6. The molecule has 2 N–H and O–H groups in total. The van der Waals surface area contributed by atoms with E-state index in [0.717, 1.165) is 47.7 Å². The third-order valence-corrected chi connectivity index (χ3v) is 10.8. The minimum atomic E-state index is -4.87. The minimum absolute atomic E-state index is 0.0805. The first kappa shape index (κ1) is 49.4. The number of likely N-dealkylation sites (N-methyl/N-ethyl adjacent to an activating group) is 2. The predicted octanol–water partition coefficient (Wildman–Crippen LogP) is 5.28. The molecule has 16 nitrogen and oxygen atoms in total. The molecule has 2 amide bonds. The number of aromatic nitrogens is 6. The summed E-state index contributed by atoms with van der Waals surface area (Å²) in [5.41, 5.74) is 1.95. The van der Waals surface area contributed by atoms with Gasteiger partial charge in [0.05, 0.1) is 22.2 Å². The van der Waals surface area contributed by atoms with Crippen LogP contribution in [-0.2, 0) is 23.7 Å². The van der Waals surface area contributed by atoms with Gasteiger partial charge in [-0.05, 0) is 91.0 Å². The highest BCUT2D eigenvalue weighted by Crippen LogP contribution is 2.35. The first-order chi connectivity index (χ1) is 29.7. The molecule has 0 aromatic carbocycles. The summed E-state index contributed by atoms with van der Waals surface area (Å²) in [6.07, 6.45) is -3.22. The van der Waals surface area contributed by atoms with Crippen LogP contribution in [0.15, 0.2) is 49.1 Å². The van der Waals surface area contributed by atoms with Crippen LogP contribution in [0.4, 0.5) is 26.3 Å². The summed E-state index contributed by atoms with van der Waals surface area (Å²) in [5, 5.41) is 15.0. The van der Waals surface area contributed by atoms with Crippen molar-refractivity contribution in [1.29, 1.82) is 0 Å². The lowest BCUT2D eigenvalue weighted by atomic mass is 9.90. The van der Waals surface area contributed by atoms with E-state index in [2.05, 4.69) is 50.1 Å². The standard InChI is InChI=1S/2C21H28F3N5O3/c2*1-13-14(10-29(5)27-13)15-9-28(4)11-16(15)26-19(30)20(2,3)12-31-18-17(7-6-8-25-18)32-21(22,23)24/h2*6-8,10,15-16H,9,11-12H2,1-5H3,(H,26,30)/t2*15-,16+/m10/s1. The Kier molecular flexibility index (Phi) is 15.1. The maximum Gasteiger partial charge on any atom is 0.573 e. The van der Waals surface area contributed by atoms with Crippen LogP contribution in [0.25, 0.3) is 0 Å². The van der Waals surface area contributed by atoms with Crippen LogP contribution < -0.4 is 29.6 Å². The van der Waals surface area contributed by atoms with Gasteiger partial charge in [-0.2, -0.15) is 10.2 Å². The van der Waals surface area contributed by atoms with E-state index in [4.69, 9.17) is 9.47 Å². The van der Waals surface area contributed by atoms with Crippen molar-refractivity contribution in [3.8, 4) is 23.3 Å². The zero-order chi connectivity index (χ0) is 47.4. The molecule has 0 unspecified atom stereocenters. The van der Waals surface area contributed by atoms with Crippen LogP contribution in [-0.4, -0.2) is 129 Å². The number of rotatable bonds is 14. The maximum absolute atomic E-state index is 13.1. The number of alkyl halides is 6. The van der Waals surface area contributed by atoms with E-state index in [1.807, 2.05) is 54.4 Å². The normalized spacial score (nSPS) is 19.8. The zero-order valence-electron chi connectivity index (χ0n) is 37.5. The number of hydrogen-bond donors (Lipinski definition) is 2. The molecule has 6 heterocycles. The Morgan fingerprint density at radius 1 is 0.641 bits per heavy atom. The van der Waals surface area contributed by atoms with Crippen LogP contribution in [0, 0.1) is 24.7 Å². The number of pyridine rings is 2. The van der Waals surface area contributed by atoms with Crippen molar-refractivity contribution < 1.29 is 54.9 Å². The molecule has 0 bridgehead atoms. The van der Waals surface area contributed by atoms with Crippen LogP contribution >= 0.6 is 0 Å². The number of aryl methyl sites for hydroxylation is 4. The van der Waals surface area contributed by atoms with E-state index in [1.54, 1.807) is 37.1 Å². The lowest BCUT2D eigenvalue weighted by Gasteiger charge is -2.28. The number of carbonyl (C=O) groups excluding carboxylic acids is 2. The van der Waals surface area contributed by atoms with Gasteiger partial charge in [-0.1, -0.05) is 0 Å². The van der Waals surface area contributed by atoms with E-state index in [9.17, 15) is 35.9 Å². The van der Waals surface area contributed by atoms with Crippen LogP contribution in [0.3, 0.4) is 0 Å². The quantitative estimate of drug-likeness (QED) is 0.158. The summed E-state index contributed by atoms with van der Waals surface area (Å²) in [7, 11) is 7.69. The Hall–Kier alpha value is -5.64. The fourth-order valence-corrected chi connectivity index (χ4v) is 7.62. The van der Waals surface area contributed by atoms with Gasteiger partial charge in [0.15, 0.2) is 11.5 Å². The number of nitrogens with zero attached hydrogens (tertiary/aromatic N) is 8. The highest BCUT2D eigenvalue weighted by molar-refractivity contribution is 5.83. The van der Waals surface area contributed by atoms with Crippen molar-refractivity contribution in [1.82, 2.24) is 50.0 Å². The van der Waals surface area contributed by atoms with E-state index in [1.165, 1.54) is 24.5 Å². The third kappa shape index (κ3) is 13.2. The minimum Gasteiger partial charge on any atom is -0.474 e. The number of ether oxygens (including phenoxy) is 4. The molecule has 0 radical (unpaired) electrons. The Morgan fingerprint density at radius 2 is 1.00 bits per heavy atom. The SMILES string of the molecule is Cc1nn(C)cc1[C@@H]1CN(C)C[C@H]1NC(=O)C(C)(C)COc1ncccc1OC(F)(F)F.Cc1nn(C)cc1[C@H]1CN(C)C[C@@H]1NC(=O)C(C)(C)COc1ncccc1OC(F)(F)F. The maximum atomic E-state index is 13.1. The number of nitrogens with one attached hydrogen (secondary N) is 2. The van der Waals surface area contributed by atoms with E-state index >= 15 is 0 Å². The first-order valence-corrected chi connectivity index (χ1v) is 20.4. The zero-order valence-corrected chi connectivity index (χ0v) is 37.5. The Balaban J connectivity index is 0.000000241. The van der Waals surface area contributed by atoms with Crippen molar-refractivity contribution in [2.75, 3.05) is 53.5 Å². The first-order valence-electron chi connectivity index (χ1n) is 20.4. The van der Waals surface area contributed by atoms with Gasteiger partial charge in [0.2, 0.25) is 11.8 Å². The molecule has 2 fully saturated rings. The molecule has 22 heteroatoms. The van der Waals surface area contributed by atoms with Gasteiger partial charge in [0.1, 0.15) is 13.2 Å².